The number of aromatic nitrogens is 1. The van der Waals surface area contributed by atoms with Crippen LogP contribution in [0, 0.1) is 0 Å². The maximum absolute atomic E-state index is 11.8. The number of carbonyl (C=O) groups excluding carboxylic acids is 1. The van der Waals surface area contributed by atoms with E-state index in [1.54, 1.807) is 36.8 Å². The summed E-state index contributed by atoms with van der Waals surface area (Å²) in [6, 6.07) is 5.49. The van der Waals surface area contributed by atoms with Gasteiger partial charge in [-0.1, -0.05) is 0 Å². The fourth-order valence-electron chi connectivity index (χ4n) is 1.51. The standard InChI is InChI=1S/C13H14N2O2S/c1-17-6-5-15-13(16)10-2-4-14-12(8-10)11-3-7-18-9-11/h2-4,7-9H,5-6H2,1H3,(H,15,16). The number of hydrogen-bond donors (Lipinski definition) is 1. The number of ether oxygens (including phenoxy) is 1. The predicted molar refractivity (Wildman–Crippen MR) is 71.8 cm³/mol. The maximum atomic E-state index is 11.8. The van der Waals surface area contributed by atoms with Gasteiger partial charge in [-0.2, -0.15) is 11.3 Å². The summed E-state index contributed by atoms with van der Waals surface area (Å²) >= 11 is 1.61. The molecule has 0 fully saturated rings. The fraction of sp³-hybridized carbons (Fsp3) is 0.231. The molecule has 0 aliphatic rings. The van der Waals surface area contributed by atoms with Gasteiger partial charge in [-0.25, -0.2) is 0 Å². The highest BCUT2D eigenvalue weighted by atomic mass is 32.1. The molecular formula is C13H14N2O2S. The van der Waals surface area contributed by atoms with E-state index in [0.29, 0.717) is 18.7 Å². The highest BCUT2D eigenvalue weighted by Gasteiger charge is 2.07. The van der Waals surface area contributed by atoms with E-state index in [2.05, 4.69) is 10.3 Å². The summed E-state index contributed by atoms with van der Waals surface area (Å²) in [6.07, 6.45) is 1.65. The van der Waals surface area contributed by atoms with Crippen molar-refractivity contribution in [3.63, 3.8) is 0 Å². The molecule has 2 aromatic heterocycles. The van der Waals surface area contributed by atoms with Crippen molar-refractivity contribution in [2.75, 3.05) is 20.3 Å². The number of nitrogens with one attached hydrogen (secondary N) is 1. The number of amides is 1. The van der Waals surface area contributed by atoms with E-state index in [1.165, 1.54) is 0 Å². The first-order valence-electron chi connectivity index (χ1n) is 5.57. The number of methoxy groups -OCH3 is 1. The van der Waals surface area contributed by atoms with Crippen LogP contribution in [0.2, 0.25) is 0 Å². The van der Waals surface area contributed by atoms with Gasteiger partial charge in [-0.15, -0.1) is 0 Å². The van der Waals surface area contributed by atoms with Gasteiger partial charge in [0, 0.05) is 36.4 Å². The monoisotopic (exact) mass is 262 g/mol. The lowest BCUT2D eigenvalue weighted by Crippen LogP contribution is -2.26. The molecule has 2 rings (SSSR count). The Hall–Kier alpha value is -1.72. The van der Waals surface area contributed by atoms with Gasteiger partial charge in [0.15, 0.2) is 0 Å². The minimum absolute atomic E-state index is 0.106. The van der Waals surface area contributed by atoms with Crippen LogP contribution in [-0.4, -0.2) is 31.2 Å². The summed E-state index contributed by atoms with van der Waals surface area (Å²) in [7, 11) is 1.60. The second-order valence-electron chi connectivity index (χ2n) is 3.69. The third-order valence-corrected chi connectivity index (χ3v) is 3.11. The van der Waals surface area contributed by atoms with Gasteiger partial charge in [0.1, 0.15) is 0 Å². The normalized spacial score (nSPS) is 10.3. The molecule has 2 aromatic rings. The summed E-state index contributed by atoms with van der Waals surface area (Å²) in [4.78, 5) is 16.1. The van der Waals surface area contributed by atoms with Crippen molar-refractivity contribution in [3.8, 4) is 11.3 Å². The van der Waals surface area contributed by atoms with Crippen molar-refractivity contribution in [2.24, 2.45) is 0 Å². The molecule has 1 N–H and O–H groups in total. The summed E-state index contributed by atoms with van der Waals surface area (Å²) in [6.45, 7) is 1.01. The minimum atomic E-state index is -0.106. The number of pyridine rings is 1. The van der Waals surface area contributed by atoms with Crippen LogP contribution in [0.15, 0.2) is 35.2 Å². The largest absolute Gasteiger partial charge is 0.383 e. The van der Waals surface area contributed by atoms with Crippen LogP contribution in [0.4, 0.5) is 0 Å². The van der Waals surface area contributed by atoms with Crippen LogP contribution in [0.1, 0.15) is 10.4 Å². The Bertz CT molecular complexity index is 511. The Labute approximate surface area is 110 Å². The zero-order valence-electron chi connectivity index (χ0n) is 10.1. The van der Waals surface area contributed by atoms with Gasteiger partial charge in [0.25, 0.3) is 5.91 Å². The predicted octanol–water partition coefficient (Wildman–Crippen LogP) is 2.19. The molecular weight excluding hydrogens is 248 g/mol. The van der Waals surface area contributed by atoms with Crippen molar-refractivity contribution in [1.82, 2.24) is 10.3 Å². The van der Waals surface area contributed by atoms with Gasteiger partial charge in [0.05, 0.1) is 12.3 Å². The first-order chi connectivity index (χ1) is 8.81. The molecule has 0 saturated carbocycles. The number of nitrogens with zero attached hydrogens (tertiary/aromatic N) is 1. The minimum Gasteiger partial charge on any atom is -0.383 e. The second kappa shape index (κ2) is 6.28. The van der Waals surface area contributed by atoms with Crippen LogP contribution >= 0.6 is 11.3 Å². The van der Waals surface area contributed by atoms with E-state index in [1.807, 2.05) is 16.8 Å². The molecule has 18 heavy (non-hydrogen) atoms. The molecule has 5 heteroatoms. The van der Waals surface area contributed by atoms with Crippen LogP contribution in [0.25, 0.3) is 11.3 Å². The Morgan fingerprint density at radius 3 is 3.11 bits per heavy atom. The van der Waals surface area contributed by atoms with Gasteiger partial charge in [-0.3, -0.25) is 9.78 Å². The molecule has 2 heterocycles. The van der Waals surface area contributed by atoms with E-state index in [9.17, 15) is 4.79 Å². The lowest BCUT2D eigenvalue weighted by atomic mass is 10.1. The van der Waals surface area contributed by atoms with Crippen molar-refractivity contribution in [3.05, 3.63) is 40.7 Å². The molecule has 0 saturated heterocycles. The first kappa shape index (κ1) is 12.7. The fourth-order valence-corrected chi connectivity index (χ4v) is 2.16. The summed E-state index contributed by atoms with van der Waals surface area (Å²) in [5.41, 5.74) is 2.46. The number of carbonyl (C=O) groups is 1. The molecule has 0 aromatic carbocycles. The maximum Gasteiger partial charge on any atom is 0.251 e. The van der Waals surface area contributed by atoms with Gasteiger partial charge in [0.2, 0.25) is 0 Å². The van der Waals surface area contributed by atoms with Crippen molar-refractivity contribution in [1.29, 1.82) is 0 Å². The highest BCUT2D eigenvalue weighted by Crippen LogP contribution is 2.20. The van der Waals surface area contributed by atoms with Crippen LogP contribution in [-0.2, 0) is 4.74 Å². The van der Waals surface area contributed by atoms with Gasteiger partial charge in [-0.05, 0) is 23.6 Å². The average Bonchev–Trinajstić information content (AvgIpc) is 2.93. The quantitative estimate of drug-likeness (QED) is 0.840. The van der Waals surface area contributed by atoms with Crippen LogP contribution in [0.5, 0.6) is 0 Å². The lowest BCUT2D eigenvalue weighted by Gasteiger charge is -2.05. The SMILES string of the molecule is COCCNC(=O)c1ccnc(-c2ccsc2)c1. The third-order valence-electron chi connectivity index (χ3n) is 2.43. The molecule has 94 valence electrons. The highest BCUT2D eigenvalue weighted by molar-refractivity contribution is 7.08. The van der Waals surface area contributed by atoms with E-state index in [-0.39, 0.29) is 5.91 Å². The first-order valence-corrected chi connectivity index (χ1v) is 6.51. The molecule has 0 atom stereocenters. The Morgan fingerprint density at radius 2 is 2.39 bits per heavy atom. The van der Waals surface area contributed by atoms with Crippen molar-refractivity contribution < 1.29 is 9.53 Å². The van der Waals surface area contributed by atoms with E-state index >= 15 is 0 Å². The molecule has 0 spiro atoms. The summed E-state index contributed by atoms with van der Waals surface area (Å²) < 4.78 is 4.89. The smallest absolute Gasteiger partial charge is 0.251 e. The lowest BCUT2D eigenvalue weighted by molar-refractivity contribution is 0.0937. The topological polar surface area (TPSA) is 51.2 Å². The molecule has 4 nitrogen and oxygen atoms in total. The molecule has 0 aliphatic heterocycles. The zero-order chi connectivity index (χ0) is 12.8. The van der Waals surface area contributed by atoms with Crippen molar-refractivity contribution in [2.45, 2.75) is 0 Å². The van der Waals surface area contributed by atoms with Crippen LogP contribution < -0.4 is 5.32 Å². The van der Waals surface area contributed by atoms with E-state index in [4.69, 9.17) is 4.74 Å². The Morgan fingerprint density at radius 1 is 1.50 bits per heavy atom. The van der Waals surface area contributed by atoms with E-state index in [0.717, 1.165) is 11.3 Å². The van der Waals surface area contributed by atoms with Gasteiger partial charge < -0.3 is 10.1 Å². The zero-order valence-corrected chi connectivity index (χ0v) is 10.9. The number of rotatable bonds is 5. The van der Waals surface area contributed by atoms with E-state index < -0.39 is 0 Å². The Kier molecular flexibility index (Phi) is 4.44. The molecule has 0 bridgehead atoms. The number of thiophene rings is 1. The van der Waals surface area contributed by atoms with Gasteiger partial charge >= 0.3 is 0 Å². The summed E-state index contributed by atoms with van der Waals surface area (Å²) in [5, 5.41) is 6.78. The Balaban J connectivity index is 2.10. The summed E-state index contributed by atoms with van der Waals surface area (Å²) in [5.74, 6) is -0.106. The average molecular weight is 262 g/mol. The van der Waals surface area contributed by atoms with Crippen molar-refractivity contribution >= 4 is 17.2 Å². The molecule has 0 unspecified atom stereocenters. The third kappa shape index (κ3) is 3.15. The number of hydrogen-bond acceptors (Lipinski definition) is 4. The second-order valence-corrected chi connectivity index (χ2v) is 4.47. The van der Waals surface area contributed by atoms with Crippen LogP contribution in [0.3, 0.4) is 0 Å². The molecule has 0 aliphatic carbocycles. The molecule has 0 radical (unpaired) electrons. The molecule has 1 amide bonds.